The molecule has 0 aromatic heterocycles. The minimum absolute atomic E-state index is 0.0892. The number of fused-ring (bicyclic) bond motifs is 1. The summed E-state index contributed by atoms with van der Waals surface area (Å²) in [6.45, 7) is 5.68. The number of rotatable bonds is 3. The molecule has 0 bridgehead atoms. The average molecular weight is 289 g/mol. The second-order valence-corrected chi connectivity index (χ2v) is 6.14. The van der Waals surface area contributed by atoms with Crippen LogP contribution in [0.1, 0.15) is 26.7 Å². The van der Waals surface area contributed by atoms with Crippen LogP contribution in [0.5, 0.6) is 5.75 Å². The van der Waals surface area contributed by atoms with Crippen LogP contribution < -0.4 is 20.7 Å². The molecule has 3 N–H and O–H groups in total. The number of nitrogens with zero attached hydrogens (tertiary/aromatic N) is 1. The van der Waals surface area contributed by atoms with E-state index in [9.17, 15) is 4.79 Å². The summed E-state index contributed by atoms with van der Waals surface area (Å²) in [7, 11) is 0. The van der Waals surface area contributed by atoms with Gasteiger partial charge in [0.1, 0.15) is 5.75 Å². The molecule has 5 heteroatoms. The van der Waals surface area contributed by atoms with Gasteiger partial charge in [0, 0.05) is 24.8 Å². The largest absolute Gasteiger partial charge is 0.489 e. The molecule has 2 heterocycles. The number of amides is 1. The zero-order chi connectivity index (χ0) is 15.0. The first kappa shape index (κ1) is 14.0. The lowest BCUT2D eigenvalue weighted by molar-refractivity contribution is -0.122. The molecule has 3 rings (SSSR count). The molecule has 1 amide bonds. The van der Waals surface area contributed by atoms with Gasteiger partial charge in [-0.25, -0.2) is 0 Å². The number of hydrogen-bond donors (Lipinski definition) is 2. The molecule has 2 saturated heterocycles. The van der Waals surface area contributed by atoms with Crippen molar-refractivity contribution in [1.82, 2.24) is 5.32 Å². The van der Waals surface area contributed by atoms with E-state index in [1.807, 2.05) is 32.0 Å². The fourth-order valence-corrected chi connectivity index (χ4v) is 3.33. The van der Waals surface area contributed by atoms with Crippen molar-refractivity contribution in [2.45, 2.75) is 38.8 Å². The van der Waals surface area contributed by atoms with E-state index in [1.165, 1.54) is 0 Å². The van der Waals surface area contributed by atoms with Crippen molar-refractivity contribution in [3.8, 4) is 5.75 Å². The van der Waals surface area contributed by atoms with E-state index in [0.29, 0.717) is 5.69 Å². The maximum atomic E-state index is 11.9. The highest BCUT2D eigenvalue weighted by Gasteiger charge is 2.40. The highest BCUT2D eigenvalue weighted by Crippen LogP contribution is 2.35. The lowest BCUT2D eigenvalue weighted by Gasteiger charge is -2.38. The third-order valence-corrected chi connectivity index (χ3v) is 4.29. The average Bonchev–Trinajstić information content (AvgIpc) is 2.83. The van der Waals surface area contributed by atoms with Crippen LogP contribution in [0.15, 0.2) is 18.2 Å². The molecule has 2 aliphatic rings. The molecule has 1 aromatic carbocycles. The Morgan fingerprint density at radius 3 is 3.00 bits per heavy atom. The summed E-state index contributed by atoms with van der Waals surface area (Å²) >= 11 is 0. The third-order valence-electron chi connectivity index (χ3n) is 4.29. The zero-order valence-electron chi connectivity index (χ0n) is 12.6. The SMILES string of the molecule is CC(C)Oc1cc(N2CCCC3C(=O)NCC32)ccc1N. The maximum Gasteiger partial charge on any atom is 0.225 e. The standard InChI is InChI=1S/C16H23N3O2/c1-10(2)21-15-8-11(5-6-13(15)17)19-7-3-4-12-14(19)9-18-16(12)20/h5-6,8,10,12,14H,3-4,7,9,17H2,1-2H3,(H,18,20). The first-order valence-corrected chi connectivity index (χ1v) is 7.67. The first-order valence-electron chi connectivity index (χ1n) is 7.67. The van der Waals surface area contributed by atoms with Gasteiger partial charge >= 0.3 is 0 Å². The number of anilines is 2. The monoisotopic (exact) mass is 289 g/mol. The van der Waals surface area contributed by atoms with Gasteiger partial charge in [-0.1, -0.05) is 0 Å². The van der Waals surface area contributed by atoms with Crippen molar-refractivity contribution >= 4 is 17.3 Å². The highest BCUT2D eigenvalue weighted by molar-refractivity contribution is 5.83. The summed E-state index contributed by atoms with van der Waals surface area (Å²) in [4.78, 5) is 14.2. The van der Waals surface area contributed by atoms with Crippen LogP contribution in [0, 0.1) is 5.92 Å². The highest BCUT2D eigenvalue weighted by atomic mass is 16.5. The summed E-state index contributed by atoms with van der Waals surface area (Å²) in [6, 6.07) is 6.16. The summed E-state index contributed by atoms with van der Waals surface area (Å²) in [5.41, 5.74) is 7.73. The molecule has 0 spiro atoms. The lowest BCUT2D eigenvalue weighted by Crippen LogP contribution is -2.45. The second-order valence-electron chi connectivity index (χ2n) is 6.14. The van der Waals surface area contributed by atoms with Crippen molar-refractivity contribution in [3.05, 3.63) is 18.2 Å². The summed E-state index contributed by atoms with van der Waals surface area (Å²) < 4.78 is 5.77. The Morgan fingerprint density at radius 1 is 1.43 bits per heavy atom. The molecule has 2 atom stereocenters. The number of piperidine rings is 1. The molecular formula is C16H23N3O2. The Morgan fingerprint density at radius 2 is 2.24 bits per heavy atom. The fourth-order valence-electron chi connectivity index (χ4n) is 3.33. The van der Waals surface area contributed by atoms with E-state index in [-0.39, 0.29) is 24.0 Å². The van der Waals surface area contributed by atoms with Gasteiger partial charge in [-0.3, -0.25) is 4.79 Å². The molecule has 114 valence electrons. The van der Waals surface area contributed by atoms with E-state index in [2.05, 4.69) is 10.2 Å². The van der Waals surface area contributed by atoms with Gasteiger partial charge in [0.15, 0.2) is 0 Å². The van der Waals surface area contributed by atoms with E-state index in [1.54, 1.807) is 0 Å². The van der Waals surface area contributed by atoms with E-state index in [4.69, 9.17) is 10.5 Å². The van der Waals surface area contributed by atoms with Gasteiger partial charge in [0.25, 0.3) is 0 Å². The number of carbonyl (C=O) groups is 1. The predicted molar refractivity (Wildman–Crippen MR) is 83.5 cm³/mol. The Kier molecular flexibility index (Phi) is 3.66. The Labute approximate surface area is 125 Å². The molecular weight excluding hydrogens is 266 g/mol. The lowest BCUT2D eigenvalue weighted by atomic mass is 9.91. The molecule has 2 fully saturated rings. The smallest absolute Gasteiger partial charge is 0.225 e. The van der Waals surface area contributed by atoms with Crippen LogP contribution in [0.2, 0.25) is 0 Å². The van der Waals surface area contributed by atoms with Gasteiger partial charge < -0.3 is 20.7 Å². The van der Waals surface area contributed by atoms with Gasteiger partial charge in [0.2, 0.25) is 5.91 Å². The van der Waals surface area contributed by atoms with Crippen molar-refractivity contribution in [1.29, 1.82) is 0 Å². The van der Waals surface area contributed by atoms with Crippen LogP contribution in [-0.2, 0) is 4.79 Å². The summed E-state index contributed by atoms with van der Waals surface area (Å²) in [5.74, 6) is 1.03. The molecule has 5 nitrogen and oxygen atoms in total. The van der Waals surface area contributed by atoms with Gasteiger partial charge in [-0.15, -0.1) is 0 Å². The topological polar surface area (TPSA) is 67.6 Å². The molecule has 2 aliphatic heterocycles. The molecule has 2 unspecified atom stereocenters. The van der Waals surface area contributed by atoms with Crippen molar-refractivity contribution in [2.75, 3.05) is 23.7 Å². The van der Waals surface area contributed by atoms with Crippen LogP contribution in [0.3, 0.4) is 0 Å². The van der Waals surface area contributed by atoms with E-state index >= 15 is 0 Å². The van der Waals surface area contributed by atoms with E-state index in [0.717, 1.165) is 37.4 Å². The van der Waals surface area contributed by atoms with Gasteiger partial charge in [-0.05, 0) is 38.8 Å². The fraction of sp³-hybridized carbons (Fsp3) is 0.562. The summed E-state index contributed by atoms with van der Waals surface area (Å²) in [6.07, 6.45) is 2.11. The molecule has 0 radical (unpaired) electrons. The van der Waals surface area contributed by atoms with Crippen LogP contribution in [0.25, 0.3) is 0 Å². The predicted octanol–water partition coefficient (Wildman–Crippen LogP) is 1.77. The Bertz CT molecular complexity index is 544. The maximum absolute atomic E-state index is 11.9. The summed E-state index contributed by atoms with van der Waals surface area (Å²) in [5, 5.41) is 2.98. The molecule has 1 aromatic rings. The number of nitrogens with one attached hydrogen (secondary N) is 1. The number of hydrogen-bond acceptors (Lipinski definition) is 4. The first-order chi connectivity index (χ1) is 10.1. The van der Waals surface area contributed by atoms with Crippen molar-refractivity contribution in [2.24, 2.45) is 5.92 Å². The van der Waals surface area contributed by atoms with Gasteiger partial charge in [0.05, 0.1) is 23.8 Å². The second kappa shape index (κ2) is 5.47. The number of nitrogens with two attached hydrogens (primary N) is 1. The number of carbonyl (C=O) groups excluding carboxylic acids is 1. The van der Waals surface area contributed by atoms with Crippen molar-refractivity contribution < 1.29 is 9.53 Å². The third kappa shape index (κ3) is 2.64. The number of ether oxygens (including phenoxy) is 1. The molecule has 0 aliphatic carbocycles. The quantitative estimate of drug-likeness (QED) is 0.832. The molecule has 0 saturated carbocycles. The van der Waals surface area contributed by atoms with Crippen molar-refractivity contribution in [3.63, 3.8) is 0 Å². The Balaban J connectivity index is 1.87. The minimum Gasteiger partial charge on any atom is -0.489 e. The molecule has 21 heavy (non-hydrogen) atoms. The van der Waals surface area contributed by atoms with Crippen LogP contribution in [0.4, 0.5) is 11.4 Å². The number of benzene rings is 1. The van der Waals surface area contributed by atoms with Gasteiger partial charge in [-0.2, -0.15) is 0 Å². The number of nitrogen functional groups attached to an aromatic ring is 1. The van der Waals surface area contributed by atoms with E-state index < -0.39 is 0 Å². The zero-order valence-corrected chi connectivity index (χ0v) is 12.6. The Hall–Kier alpha value is -1.91. The minimum atomic E-state index is 0.0892. The normalized spacial score (nSPS) is 24.9. The van der Waals surface area contributed by atoms with Crippen LogP contribution >= 0.6 is 0 Å². The van der Waals surface area contributed by atoms with Crippen LogP contribution in [-0.4, -0.2) is 31.1 Å².